The van der Waals surface area contributed by atoms with Gasteiger partial charge in [0.05, 0.1) is 0 Å². The van der Waals surface area contributed by atoms with Crippen LogP contribution in [0.1, 0.15) is 5.56 Å². The maximum atomic E-state index is 6.40. The average Bonchev–Trinajstić information content (AvgIpc) is 3.47. The van der Waals surface area contributed by atoms with Gasteiger partial charge in [-0.25, -0.2) is 15.0 Å². The molecule has 8 rings (SSSR count). The Morgan fingerprint density at radius 3 is 1.59 bits per heavy atom. The number of benzene rings is 6. The van der Waals surface area contributed by atoms with Gasteiger partial charge in [-0.05, 0) is 47.4 Å². The van der Waals surface area contributed by atoms with Gasteiger partial charge in [-0.15, -0.1) is 0 Å². The van der Waals surface area contributed by atoms with Crippen LogP contribution in [-0.4, -0.2) is 15.0 Å². The summed E-state index contributed by atoms with van der Waals surface area (Å²) in [6, 6.07) is 49.9. The summed E-state index contributed by atoms with van der Waals surface area (Å²) in [6.45, 7) is 2.10. The van der Waals surface area contributed by atoms with E-state index in [1.807, 2.05) is 54.6 Å². The van der Waals surface area contributed by atoms with Crippen LogP contribution in [0.3, 0.4) is 0 Å². The minimum absolute atomic E-state index is 0.599. The Morgan fingerprint density at radius 1 is 0.409 bits per heavy atom. The van der Waals surface area contributed by atoms with Gasteiger partial charge in [0, 0.05) is 27.5 Å². The molecule has 4 nitrogen and oxygen atoms in total. The Hall–Kier alpha value is -5.87. The molecule has 2 heterocycles. The van der Waals surface area contributed by atoms with Crippen molar-refractivity contribution in [2.24, 2.45) is 0 Å². The van der Waals surface area contributed by atoms with E-state index < -0.39 is 0 Å². The summed E-state index contributed by atoms with van der Waals surface area (Å²) in [6.07, 6.45) is 0. The molecular weight excluding hydrogens is 538 g/mol. The minimum atomic E-state index is 0.599. The molecule has 0 aliphatic heterocycles. The molecule has 44 heavy (non-hydrogen) atoms. The van der Waals surface area contributed by atoms with Gasteiger partial charge in [-0.1, -0.05) is 133 Å². The zero-order valence-corrected chi connectivity index (χ0v) is 24.1. The number of fused-ring (bicyclic) bond motifs is 3. The van der Waals surface area contributed by atoms with E-state index in [4.69, 9.17) is 19.4 Å². The Bertz CT molecular complexity index is 2250. The van der Waals surface area contributed by atoms with Crippen molar-refractivity contribution in [1.29, 1.82) is 0 Å². The van der Waals surface area contributed by atoms with Crippen LogP contribution >= 0.6 is 0 Å². The number of hydrogen-bond acceptors (Lipinski definition) is 4. The molecule has 0 amide bonds. The molecule has 4 heteroatoms. The lowest BCUT2D eigenvalue weighted by Crippen LogP contribution is -2.00. The maximum absolute atomic E-state index is 6.40. The van der Waals surface area contributed by atoms with E-state index in [9.17, 15) is 0 Å². The zero-order valence-electron chi connectivity index (χ0n) is 24.1. The van der Waals surface area contributed by atoms with Crippen molar-refractivity contribution in [2.45, 2.75) is 6.92 Å². The molecule has 0 aliphatic rings. The molecule has 0 saturated heterocycles. The third kappa shape index (κ3) is 4.73. The lowest BCUT2D eigenvalue weighted by atomic mass is 9.99. The molecule has 0 fully saturated rings. The fourth-order valence-corrected chi connectivity index (χ4v) is 5.73. The second-order valence-electron chi connectivity index (χ2n) is 11.0. The van der Waals surface area contributed by atoms with Crippen LogP contribution < -0.4 is 0 Å². The van der Waals surface area contributed by atoms with E-state index >= 15 is 0 Å². The number of furan rings is 1. The van der Waals surface area contributed by atoms with Crippen LogP contribution in [0.2, 0.25) is 0 Å². The summed E-state index contributed by atoms with van der Waals surface area (Å²) in [7, 11) is 0. The maximum Gasteiger partial charge on any atom is 0.164 e. The summed E-state index contributed by atoms with van der Waals surface area (Å²) >= 11 is 0. The fraction of sp³-hybridized carbons (Fsp3) is 0.0250. The Kier molecular flexibility index (Phi) is 6.31. The van der Waals surface area contributed by atoms with E-state index in [0.29, 0.717) is 17.5 Å². The van der Waals surface area contributed by atoms with Crippen LogP contribution in [0.5, 0.6) is 0 Å². The monoisotopic (exact) mass is 565 g/mol. The largest absolute Gasteiger partial charge is 0.456 e. The summed E-state index contributed by atoms with van der Waals surface area (Å²) in [5.74, 6) is 1.85. The number of nitrogens with zero attached hydrogens (tertiary/aromatic N) is 3. The van der Waals surface area contributed by atoms with Gasteiger partial charge in [-0.2, -0.15) is 0 Å². The van der Waals surface area contributed by atoms with Crippen molar-refractivity contribution in [2.75, 3.05) is 0 Å². The van der Waals surface area contributed by atoms with Crippen LogP contribution in [0.4, 0.5) is 0 Å². The van der Waals surface area contributed by atoms with Crippen LogP contribution in [0, 0.1) is 6.92 Å². The van der Waals surface area contributed by atoms with Crippen LogP contribution in [-0.2, 0) is 0 Å². The summed E-state index contributed by atoms with van der Waals surface area (Å²) in [5.41, 5.74) is 10.3. The standard InChI is InChI=1S/C40H27N3O/c1-26-15-17-27(18-16-26)28-19-21-31(22-20-28)39-41-38(30-11-6-3-7-12-30)42-40(43-39)32-23-24-34-36(25-32)44-35-14-8-13-33(37(34)35)29-9-4-2-5-10-29/h2-25H,1H3. The van der Waals surface area contributed by atoms with Gasteiger partial charge < -0.3 is 4.42 Å². The molecule has 0 N–H and O–H groups in total. The number of rotatable bonds is 5. The molecule has 6 aromatic carbocycles. The molecule has 0 atom stereocenters. The van der Waals surface area contributed by atoms with Gasteiger partial charge in [0.25, 0.3) is 0 Å². The minimum Gasteiger partial charge on any atom is -0.456 e. The van der Waals surface area contributed by atoms with Crippen molar-refractivity contribution in [1.82, 2.24) is 15.0 Å². The summed E-state index contributed by atoms with van der Waals surface area (Å²) in [5, 5.41) is 2.17. The lowest BCUT2D eigenvalue weighted by Gasteiger charge is -2.09. The smallest absolute Gasteiger partial charge is 0.164 e. The molecule has 208 valence electrons. The van der Waals surface area contributed by atoms with Crippen LogP contribution in [0.25, 0.3) is 78.4 Å². The molecule has 0 unspecified atom stereocenters. The molecule has 0 radical (unpaired) electrons. The van der Waals surface area contributed by atoms with Crippen molar-refractivity contribution >= 4 is 21.9 Å². The van der Waals surface area contributed by atoms with E-state index in [0.717, 1.165) is 55.3 Å². The Balaban J connectivity index is 1.24. The predicted octanol–water partition coefficient (Wildman–Crippen LogP) is 10.4. The molecule has 0 aliphatic carbocycles. The van der Waals surface area contributed by atoms with Crippen molar-refractivity contribution < 1.29 is 4.42 Å². The molecular formula is C40H27N3O. The molecule has 8 aromatic rings. The van der Waals surface area contributed by atoms with Crippen LogP contribution in [0.15, 0.2) is 150 Å². The Morgan fingerprint density at radius 2 is 0.932 bits per heavy atom. The first kappa shape index (κ1) is 25.8. The fourth-order valence-electron chi connectivity index (χ4n) is 5.73. The highest BCUT2D eigenvalue weighted by atomic mass is 16.3. The number of hydrogen-bond donors (Lipinski definition) is 0. The van der Waals surface area contributed by atoms with Crippen molar-refractivity contribution in [3.05, 3.63) is 151 Å². The third-order valence-electron chi connectivity index (χ3n) is 8.04. The lowest BCUT2D eigenvalue weighted by molar-refractivity contribution is 0.669. The van der Waals surface area contributed by atoms with E-state index in [2.05, 4.69) is 97.9 Å². The predicted molar refractivity (Wildman–Crippen MR) is 179 cm³/mol. The first-order valence-electron chi connectivity index (χ1n) is 14.7. The van der Waals surface area contributed by atoms with Gasteiger partial charge in [0.2, 0.25) is 0 Å². The van der Waals surface area contributed by atoms with Crippen molar-refractivity contribution in [3.8, 4) is 56.4 Å². The molecule has 0 spiro atoms. The number of aromatic nitrogens is 3. The van der Waals surface area contributed by atoms with E-state index in [1.54, 1.807) is 0 Å². The second kappa shape index (κ2) is 10.8. The SMILES string of the molecule is Cc1ccc(-c2ccc(-c3nc(-c4ccccc4)nc(-c4ccc5c(c4)oc4cccc(-c6ccccc6)c45)n3)cc2)cc1. The highest BCUT2D eigenvalue weighted by Crippen LogP contribution is 2.38. The topological polar surface area (TPSA) is 51.8 Å². The first-order valence-corrected chi connectivity index (χ1v) is 14.7. The van der Waals surface area contributed by atoms with Gasteiger partial charge in [0.1, 0.15) is 11.2 Å². The van der Waals surface area contributed by atoms with Gasteiger partial charge in [0.15, 0.2) is 17.5 Å². The molecule has 0 saturated carbocycles. The number of aryl methyl sites for hydroxylation is 1. The Labute approximate surface area is 255 Å². The third-order valence-corrected chi connectivity index (χ3v) is 8.04. The van der Waals surface area contributed by atoms with Crippen molar-refractivity contribution in [3.63, 3.8) is 0 Å². The quantitative estimate of drug-likeness (QED) is 0.208. The average molecular weight is 566 g/mol. The van der Waals surface area contributed by atoms with Gasteiger partial charge in [-0.3, -0.25) is 0 Å². The van der Waals surface area contributed by atoms with E-state index in [-0.39, 0.29) is 0 Å². The summed E-state index contributed by atoms with van der Waals surface area (Å²) < 4.78 is 6.40. The van der Waals surface area contributed by atoms with E-state index in [1.165, 1.54) is 11.1 Å². The summed E-state index contributed by atoms with van der Waals surface area (Å²) in [4.78, 5) is 14.8. The second-order valence-corrected chi connectivity index (χ2v) is 11.0. The molecule has 2 aromatic heterocycles. The highest BCUT2D eigenvalue weighted by molar-refractivity contribution is 6.12. The molecule has 0 bridgehead atoms. The first-order chi connectivity index (χ1) is 21.7. The zero-order chi connectivity index (χ0) is 29.5. The highest BCUT2D eigenvalue weighted by Gasteiger charge is 2.16. The normalized spacial score (nSPS) is 11.3. The van der Waals surface area contributed by atoms with Gasteiger partial charge >= 0.3 is 0 Å².